The summed E-state index contributed by atoms with van der Waals surface area (Å²) in [6, 6.07) is 12.0. The number of benzene rings is 2. The Bertz CT molecular complexity index is 760. The second-order valence-corrected chi connectivity index (χ2v) is 7.37. The number of anilines is 1. The largest absolute Gasteiger partial charge is 0.398 e. The molecule has 0 aliphatic rings. The molecule has 2 aromatic rings. The molecule has 0 aliphatic carbocycles. The van der Waals surface area contributed by atoms with Crippen molar-refractivity contribution in [2.24, 2.45) is 0 Å². The van der Waals surface area contributed by atoms with Crippen LogP contribution in [0.4, 0.5) is 5.69 Å². The van der Waals surface area contributed by atoms with E-state index < -0.39 is 10.0 Å². The van der Waals surface area contributed by atoms with Crippen molar-refractivity contribution >= 4 is 31.6 Å². The van der Waals surface area contributed by atoms with Crippen LogP contribution in [0.15, 0.2) is 51.8 Å². The van der Waals surface area contributed by atoms with Crippen molar-refractivity contribution in [1.29, 1.82) is 0 Å². The average molecular weight is 369 g/mol. The van der Waals surface area contributed by atoms with Gasteiger partial charge in [-0.3, -0.25) is 0 Å². The van der Waals surface area contributed by atoms with E-state index in [1.807, 2.05) is 24.3 Å². The number of hydrogen-bond donors (Lipinski definition) is 2. The van der Waals surface area contributed by atoms with Crippen molar-refractivity contribution < 1.29 is 8.42 Å². The first kappa shape index (κ1) is 16.0. The van der Waals surface area contributed by atoms with Crippen molar-refractivity contribution in [2.45, 2.75) is 24.8 Å². The van der Waals surface area contributed by atoms with E-state index in [0.29, 0.717) is 11.3 Å². The molecule has 2 aromatic carbocycles. The minimum Gasteiger partial charge on any atom is -0.398 e. The van der Waals surface area contributed by atoms with Crippen LogP contribution in [0.2, 0.25) is 0 Å². The molecule has 0 saturated heterocycles. The van der Waals surface area contributed by atoms with Crippen molar-refractivity contribution in [3.05, 3.63) is 58.1 Å². The van der Waals surface area contributed by atoms with Crippen LogP contribution < -0.4 is 10.5 Å². The van der Waals surface area contributed by atoms with Gasteiger partial charge in [-0.1, -0.05) is 40.2 Å². The van der Waals surface area contributed by atoms with Gasteiger partial charge in [0.1, 0.15) is 0 Å². The van der Waals surface area contributed by atoms with Crippen LogP contribution in [0.1, 0.15) is 24.1 Å². The van der Waals surface area contributed by atoms with Gasteiger partial charge in [-0.15, -0.1) is 0 Å². The van der Waals surface area contributed by atoms with Crippen molar-refractivity contribution in [3.63, 3.8) is 0 Å². The van der Waals surface area contributed by atoms with E-state index in [0.717, 1.165) is 10.0 Å². The van der Waals surface area contributed by atoms with Crippen LogP contribution in [-0.4, -0.2) is 8.42 Å². The fraction of sp³-hybridized carbons (Fsp3) is 0.200. The Morgan fingerprint density at radius 2 is 1.81 bits per heavy atom. The van der Waals surface area contributed by atoms with E-state index in [-0.39, 0.29) is 10.9 Å². The minimum absolute atomic E-state index is 0.210. The highest BCUT2D eigenvalue weighted by atomic mass is 79.9. The molecule has 21 heavy (non-hydrogen) atoms. The topological polar surface area (TPSA) is 72.2 Å². The number of rotatable bonds is 4. The van der Waals surface area contributed by atoms with Crippen LogP contribution in [0, 0.1) is 6.92 Å². The maximum atomic E-state index is 12.5. The molecule has 0 saturated carbocycles. The normalized spacial score (nSPS) is 13.1. The molecule has 1 atom stereocenters. The average Bonchev–Trinajstić information content (AvgIpc) is 2.41. The maximum Gasteiger partial charge on any atom is 0.241 e. The first-order valence-electron chi connectivity index (χ1n) is 6.45. The Morgan fingerprint density at radius 3 is 2.48 bits per heavy atom. The van der Waals surface area contributed by atoms with Gasteiger partial charge in [0.05, 0.1) is 4.90 Å². The highest BCUT2D eigenvalue weighted by molar-refractivity contribution is 9.10. The fourth-order valence-corrected chi connectivity index (χ4v) is 4.23. The summed E-state index contributed by atoms with van der Waals surface area (Å²) < 4.78 is 28.6. The predicted octanol–water partition coefficient (Wildman–Crippen LogP) is 3.38. The summed E-state index contributed by atoms with van der Waals surface area (Å²) in [5.41, 5.74) is 7.68. The van der Waals surface area contributed by atoms with E-state index in [1.165, 1.54) is 0 Å². The van der Waals surface area contributed by atoms with Gasteiger partial charge in [-0.25, -0.2) is 13.1 Å². The quantitative estimate of drug-likeness (QED) is 0.812. The molecule has 0 amide bonds. The fourth-order valence-electron chi connectivity index (χ4n) is 2.11. The minimum atomic E-state index is -3.63. The third-order valence-electron chi connectivity index (χ3n) is 3.32. The Hall–Kier alpha value is -1.37. The maximum absolute atomic E-state index is 12.5. The highest BCUT2D eigenvalue weighted by Crippen LogP contribution is 2.26. The van der Waals surface area contributed by atoms with Crippen LogP contribution in [0.25, 0.3) is 0 Å². The van der Waals surface area contributed by atoms with Gasteiger partial charge < -0.3 is 5.73 Å². The lowest BCUT2D eigenvalue weighted by atomic mass is 10.1. The van der Waals surface area contributed by atoms with Crippen molar-refractivity contribution in [3.8, 4) is 0 Å². The van der Waals surface area contributed by atoms with E-state index in [1.54, 1.807) is 32.0 Å². The lowest BCUT2D eigenvalue weighted by molar-refractivity contribution is 0.566. The van der Waals surface area contributed by atoms with E-state index in [4.69, 9.17) is 5.73 Å². The van der Waals surface area contributed by atoms with Crippen LogP contribution in [0.5, 0.6) is 0 Å². The number of nitrogen functional groups attached to an aromatic ring is 1. The summed E-state index contributed by atoms with van der Waals surface area (Å²) >= 11 is 3.43. The highest BCUT2D eigenvalue weighted by Gasteiger charge is 2.21. The van der Waals surface area contributed by atoms with Gasteiger partial charge in [-0.05, 0) is 43.2 Å². The zero-order valence-corrected chi connectivity index (χ0v) is 14.2. The molecular weight excluding hydrogens is 352 g/mol. The molecule has 0 radical (unpaired) electrons. The van der Waals surface area contributed by atoms with E-state index in [2.05, 4.69) is 20.7 Å². The Balaban J connectivity index is 2.34. The standard InChI is InChI=1S/C15H17BrN2O2S/c1-10-14(17)8-5-9-15(10)21(19,20)18-11(2)12-6-3-4-7-13(12)16/h3-9,11,18H,17H2,1-2H3. The summed E-state index contributed by atoms with van der Waals surface area (Å²) in [6.45, 7) is 3.51. The molecule has 4 nitrogen and oxygen atoms in total. The molecule has 1 unspecified atom stereocenters. The summed E-state index contributed by atoms with van der Waals surface area (Å²) in [6.07, 6.45) is 0. The second kappa shape index (κ2) is 6.17. The molecule has 3 N–H and O–H groups in total. The molecule has 0 spiro atoms. The zero-order chi connectivity index (χ0) is 15.6. The SMILES string of the molecule is Cc1c(N)cccc1S(=O)(=O)NC(C)c1ccccc1Br. The summed E-state index contributed by atoms with van der Waals surface area (Å²) in [5.74, 6) is 0. The van der Waals surface area contributed by atoms with Crippen molar-refractivity contribution in [2.75, 3.05) is 5.73 Å². The van der Waals surface area contributed by atoms with Gasteiger partial charge >= 0.3 is 0 Å². The van der Waals surface area contributed by atoms with E-state index in [9.17, 15) is 8.42 Å². The van der Waals surface area contributed by atoms with Gasteiger partial charge in [-0.2, -0.15) is 0 Å². The monoisotopic (exact) mass is 368 g/mol. The molecule has 0 aromatic heterocycles. The van der Waals surface area contributed by atoms with Gasteiger partial charge in [0, 0.05) is 16.2 Å². The van der Waals surface area contributed by atoms with Crippen LogP contribution >= 0.6 is 15.9 Å². The molecule has 0 aliphatic heterocycles. The molecule has 2 rings (SSSR count). The number of halogens is 1. The molecule has 112 valence electrons. The molecular formula is C15H17BrN2O2S. The van der Waals surface area contributed by atoms with Gasteiger partial charge in [0.15, 0.2) is 0 Å². The van der Waals surface area contributed by atoms with Gasteiger partial charge in [0.25, 0.3) is 0 Å². The first-order valence-corrected chi connectivity index (χ1v) is 8.72. The van der Waals surface area contributed by atoms with Crippen LogP contribution in [0.3, 0.4) is 0 Å². The third kappa shape index (κ3) is 3.45. The Morgan fingerprint density at radius 1 is 1.14 bits per heavy atom. The lowest BCUT2D eigenvalue weighted by Gasteiger charge is -2.17. The van der Waals surface area contributed by atoms with Crippen molar-refractivity contribution in [1.82, 2.24) is 4.72 Å². The number of nitrogens with two attached hydrogens (primary N) is 1. The summed E-state index contributed by atoms with van der Waals surface area (Å²) in [5, 5.41) is 0. The van der Waals surface area contributed by atoms with E-state index >= 15 is 0 Å². The summed E-state index contributed by atoms with van der Waals surface area (Å²) in [7, 11) is -3.63. The van der Waals surface area contributed by atoms with Gasteiger partial charge in [0.2, 0.25) is 10.0 Å². The zero-order valence-electron chi connectivity index (χ0n) is 11.8. The number of hydrogen-bond acceptors (Lipinski definition) is 3. The molecule has 0 fully saturated rings. The Kier molecular flexibility index (Phi) is 4.70. The number of nitrogens with one attached hydrogen (secondary N) is 1. The number of sulfonamides is 1. The molecule has 0 bridgehead atoms. The molecule has 6 heteroatoms. The van der Waals surface area contributed by atoms with Crippen LogP contribution in [-0.2, 0) is 10.0 Å². The Labute approximate surface area is 133 Å². The lowest BCUT2D eigenvalue weighted by Crippen LogP contribution is -2.27. The third-order valence-corrected chi connectivity index (χ3v) is 5.73. The summed E-state index contributed by atoms with van der Waals surface area (Å²) in [4.78, 5) is 0.210. The smallest absolute Gasteiger partial charge is 0.241 e. The first-order chi connectivity index (χ1) is 9.83. The predicted molar refractivity (Wildman–Crippen MR) is 88.5 cm³/mol. The molecule has 0 heterocycles. The second-order valence-electron chi connectivity index (χ2n) is 4.83.